The molecule has 0 spiro atoms. The quantitative estimate of drug-likeness (QED) is 0.707. The third-order valence-electron chi connectivity index (χ3n) is 0.430. The first-order valence-electron chi connectivity index (χ1n) is 2.07. The minimum Gasteiger partial charge on any atom is -1.00 e. The minimum absolute atomic E-state index is 0. The molecule has 0 aromatic carbocycles. The van der Waals surface area contributed by atoms with Gasteiger partial charge in [0, 0.05) is 6.61 Å². The van der Waals surface area contributed by atoms with Gasteiger partial charge in [-0.3, -0.25) is 0 Å². The molecule has 0 unspecified atom stereocenters. The Morgan fingerprint density at radius 2 is 2.38 bits per heavy atom. The van der Waals surface area contributed by atoms with Gasteiger partial charge in [-0.2, -0.15) is 0 Å². The van der Waals surface area contributed by atoms with E-state index >= 15 is 0 Å². The Labute approximate surface area is 91.4 Å². The van der Waals surface area contributed by atoms with E-state index < -0.39 is 5.97 Å². The molecular formula is C4H10BaO3. The molecule has 46 valence electrons. The maximum atomic E-state index is 9.63. The summed E-state index contributed by atoms with van der Waals surface area (Å²) >= 11 is 0. The summed E-state index contributed by atoms with van der Waals surface area (Å²) in [7, 11) is 0. The van der Waals surface area contributed by atoms with Crippen molar-refractivity contribution in [3.8, 4) is 0 Å². The van der Waals surface area contributed by atoms with E-state index in [1.54, 1.807) is 6.92 Å². The topological polar surface area (TPSA) is 46.5 Å². The van der Waals surface area contributed by atoms with Crippen LogP contribution in [0.4, 0.5) is 0 Å². The van der Waals surface area contributed by atoms with Crippen molar-refractivity contribution in [3.63, 3.8) is 0 Å². The molecule has 0 heterocycles. The number of carboxylic acid groups (broad SMARTS) is 1. The van der Waals surface area contributed by atoms with Crippen LogP contribution in [0, 0.1) is 0 Å². The molecule has 0 bridgehead atoms. The van der Waals surface area contributed by atoms with Crippen LogP contribution in [0.15, 0.2) is 0 Å². The molecule has 0 aliphatic rings. The molecule has 0 amide bonds. The molecule has 0 aromatic heterocycles. The zero-order valence-corrected chi connectivity index (χ0v) is 9.33. The smallest absolute Gasteiger partial charge is 1.00 e. The summed E-state index contributed by atoms with van der Waals surface area (Å²) in [6.07, 6.45) is 0. The van der Waals surface area contributed by atoms with Crippen molar-refractivity contribution in [2.45, 2.75) is 6.92 Å². The fourth-order valence-electron chi connectivity index (χ4n) is 0.189. The Hall–Kier alpha value is 1.00. The van der Waals surface area contributed by atoms with Crippen molar-refractivity contribution in [2.75, 3.05) is 13.2 Å². The summed E-state index contributed by atoms with van der Waals surface area (Å²) in [5, 5.41) is 7.92. The van der Waals surface area contributed by atoms with Gasteiger partial charge in [-0.05, 0) is 6.92 Å². The maximum absolute atomic E-state index is 9.63. The van der Waals surface area contributed by atoms with Crippen molar-refractivity contribution in [2.24, 2.45) is 0 Å². The third-order valence-corrected chi connectivity index (χ3v) is 0.430. The number of carboxylic acids is 1. The Kier molecular flexibility index (Phi) is 11.8. The molecule has 8 heavy (non-hydrogen) atoms. The Bertz CT molecular complexity index is 71.5. The largest absolute Gasteiger partial charge is 2.00 e. The average molecular weight is 243 g/mol. The first kappa shape index (κ1) is 11.8. The molecule has 3 nitrogen and oxygen atoms in total. The van der Waals surface area contributed by atoms with Gasteiger partial charge in [0.2, 0.25) is 0 Å². The van der Waals surface area contributed by atoms with Crippen LogP contribution in [0.2, 0.25) is 0 Å². The van der Waals surface area contributed by atoms with E-state index in [0.717, 1.165) is 0 Å². The van der Waals surface area contributed by atoms with E-state index in [9.17, 15) is 4.79 Å². The van der Waals surface area contributed by atoms with Crippen molar-refractivity contribution in [1.82, 2.24) is 0 Å². The summed E-state index contributed by atoms with van der Waals surface area (Å²) in [4.78, 5) is 9.63. The van der Waals surface area contributed by atoms with Crippen molar-refractivity contribution < 1.29 is 17.5 Å². The summed E-state index contributed by atoms with van der Waals surface area (Å²) in [6, 6.07) is 0. The second kappa shape index (κ2) is 8.00. The van der Waals surface area contributed by atoms with Crippen molar-refractivity contribution in [3.05, 3.63) is 0 Å². The van der Waals surface area contributed by atoms with Crippen LogP contribution in [0.25, 0.3) is 0 Å². The molecule has 4 heteroatoms. The summed E-state index contributed by atoms with van der Waals surface area (Å²) in [5.74, 6) is -0.915. The first-order valence-corrected chi connectivity index (χ1v) is 2.07. The molecule has 0 aromatic rings. The summed E-state index contributed by atoms with van der Waals surface area (Å²) < 4.78 is 4.50. The molecule has 0 aliphatic heterocycles. The van der Waals surface area contributed by atoms with E-state index in [1.807, 2.05) is 0 Å². The molecule has 0 aliphatic carbocycles. The molecule has 0 rings (SSSR count). The predicted octanol–water partition coefficient (Wildman–Crippen LogP) is -0.0483. The van der Waals surface area contributed by atoms with Crippen molar-refractivity contribution in [1.29, 1.82) is 0 Å². The number of aliphatic carboxylic acids is 1. The number of ether oxygens (including phenoxy) is 1. The normalized spacial score (nSPS) is 7.62. The molecule has 0 saturated carbocycles. The van der Waals surface area contributed by atoms with Gasteiger partial charge in [-0.25, -0.2) is 4.79 Å². The summed E-state index contributed by atoms with van der Waals surface area (Å²) in [5.41, 5.74) is 0. The van der Waals surface area contributed by atoms with Crippen LogP contribution in [-0.4, -0.2) is 73.2 Å². The molecule has 0 atom stereocenters. The van der Waals surface area contributed by atoms with Gasteiger partial charge in [0.15, 0.2) is 0 Å². The van der Waals surface area contributed by atoms with Gasteiger partial charge in [-0.1, -0.05) is 0 Å². The van der Waals surface area contributed by atoms with Crippen LogP contribution >= 0.6 is 0 Å². The Morgan fingerprint density at radius 3 is 2.50 bits per heavy atom. The second-order valence-corrected chi connectivity index (χ2v) is 1.03. The zero-order chi connectivity index (χ0) is 5.70. The number of hydrogen-bond acceptors (Lipinski definition) is 2. The monoisotopic (exact) mass is 244 g/mol. The van der Waals surface area contributed by atoms with E-state index in [-0.39, 0.29) is 58.3 Å². The van der Waals surface area contributed by atoms with Crippen molar-refractivity contribution >= 4 is 54.9 Å². The van der Waals surface area contributed by atoms with Gasteiger partial charge >= 0.3 is 54.9 Å². The van der Waals surface area contributed by atoms with Gasteiger partial charge in [0.1, 0.15) is 6.61 Å². The van der Waals surface area contributed by atoms with Crippen LogP contribution in [0.5, 0.6) is 0 Å². The van der Waals surface area contributed by atoms with E-state index in [1.165, 1.54) is 0 Å². The van der Waals surface area contributed by atoms with Gasteiger partial charge in [0.05, 0.1) is 0 Å². The molecule has 0 saturated heterocycles. The molecule has 1 N–H and O–H groups in total. The molecule has 0 fully saturated rings. The van der Waals surface area contributed by atoms with E-state index in [2.05, 4.69) is 4.74 Å². The number of carbonyl (C=O) groups is 1. The van der Waals surface area contributed by atoms with Crippen LogP contribution in [-0.2, 0) is 9.53 Å². The van der Waals surface area contributed by atoms with Gasteiger partial charge in [0.25, 0.3) is 0 Å². The predicted molar refractivity (Wildman–Crippen MR) is 32.1 cm³/mol. The number of rotatable bonds is 3. The van der Waals surface area contributed by atoms with Gasteiger partial charge in [-0.15, -0.1) is 0 Å². The number of hydrogen-bond donors (Lipinski definition) is 1. The first-order chi connectivity index (χ1) is 3.27. The fraction of sp³-hybridized carbons (Fsp3) is 0.750. The summed E-state index contributed by atoms with van der Waals surface area (Å²) in [6.45, 7) is 2.03. The van der Waals surface area contributed by atoms with Crippen LogP contribution in [0.1, 0.15) is 9.78 Å². The fourth-order valence-corrected chi connectivity index (χ4v) is 0.189. The van der Waals surface area contributed by atoms with Crippen LogP contribution in [0.3, 0.4) is 0 Å². The van der Waals surface area contributed by atoms with Gasteiger partial charge < -0.3 is 12.7 Å². The van der Waals surface area contributed by atoms with E-state index in [0.29, 0.717) is 6.61 Å². The zero-order valence-electron chi connectivity index (χ0n) is 6.89. The maximum Gasteiger partial charge on any atom is 2.00 e. The SMILES string of the molecule is CCOCC(=O)O.[Ba+2].[H-].[H-]. The minimum atomic E-state index is -0.915. The molecule has 0 radical (unpaired) electrons. The average Bonchev–Trinajstić information content (AvgIpc) is 1.61. The second-order valence-electron chi connectivity index (χ2n) is 1.03. The van der Waals surface area contributed by atoms with Crippen LogP contribution < -0.4 is 0 Å². The molecular weight excluding hydrogens is 233 g/mol. The standard InChI is InChI=1S/C4H8O3.Ba.2H/c1-2-7-3-4(5)6;;;/h2-3H2,1H3,(H,5,6);;;/q;+2;2*-1. The Morgan fingerprint density at radius 1 is 1.88 bits per heavy atom. The Balaban J connectivity index is -0.0000000600. The third kappa shape index (κ3) is 10.1. The van der Waals surface area contributed by atoms with E-state index in [4.69, 9.17) is 5.11 Å².